The van der Waals surface area contributed by atoms with Crippen LogP contribution in [0.15, 0.2) is 12.2 Å². The number of quaternary nitrogens is 1. The molecule has 0 heterocycles. The van der Waals surface area contributed by atoms with Crippen molar-refractivity contribution in [1.29, 1.82) is 0 Å². The minimum atomic E-state index is -4.65. The average Bonchev–Trinajstić information content (AvgIpc) is 3.09. The van der Waals surface area contributed by atoms with Crippen molar-refractivity contribution in [2.45, 2.75) is 187 Å². The number of unbranched alkanes of at least 4 members (excludes halogenated alkanes) is 22. The number of hydrogen-bond acceptors (Lipinski definition) is 9. The molecule has 11 heteroatoms. The van der Waals surface area contributed by atoms with Crippen molar-refractivity contribution in [2.24, 2.45) is 0 Å². The summed E-state index contributed by atoms with van der Waals surface area (Å²) < 4.78 is 38.6. The Morgan fingerprint density at radius 1 is 0.596 bits per heavy atom. The minimum Gasteiger partial charge on any atom is -0.756 e. The van der Waals surface area contributed by atoms with E-state index in [4.69, 9.17) is 23.3 Å². The molecule has 0 aliphatic carbocycles. The van der Waals surface area contributed by atoms with Gasteiger partial charge in [0.2, 0.25) is 0 Å². The Morgan fingerprint density at radius 2 is 1.06 bits per heavy atom. The van der Waals surface area contributed by atoms with Gasteiger partial charge in [0.25, 0.3) is 7.82 Å². The number of ether oxygens (including phenoxy) is 3. The Bertz CT molecular complexity index is 909. The van der Waals surface area contributed by atoms with Crippen LogP contribution in [-0.2, 0) is 32.6 Å². The molecule has 2 atom stereocenters. The molecular weight excluding hydrogens is 681 g/mol. The molecule has 0 radical (unpaired) electrons. The lowest BCUT2D eigenvalue weighted by Gasteiger charge is -2.28. The first-order valence-electron chi connectivity index (χ1n) is 21.0. The Hall–Kier alpha value is -1.45. The maximum Gasteiger partial charge on any atom is 0.508 e. The molecule has 0 saturated carbocycles. The molecule has 0 aromatic heterocycles. The van der Waals surface area contributed by atoms with Gasteiger partial charge in [-0.3, -0.25) is 9.36 Å². The van der Waals surface area contributed by atoms with Gasteiger partial charge in [0.1, 0.15) is 19.8 Å². The van der Waals surface area contributed by atoms with Gasteiger partial charge in [-0.1, -0.05) is 148 Å². The molecule has 52 heavy (non-hydrogen) atoms. The predicted molar refractivity (Wildman–Crippen MR) is 210 cm³/mol. The zero-order valence-corrected chi connectivity index (χ0v) is 35.1. The number of esters is 1. The fourth-order valence-electron chi connectivity index (χ4n) is 5.64. The molecule has 0 rings (SSSR count). The number of likely N-dealkylation sites (N-methyl/N-ethyl adjacent to an activating group) is 1. The van der Waals surface area contributed by atoms with Crippen LogP contribution in [0.2, 0.25) is 0 Å². The van der Waals surface area contributed by atoms with E-state index in [0.717, 1.165) is 57.8 Å². The lowest BCUT2D eigenvalue weighted by molar-refractivity contribution is -0.870. The highest BCUT2D eigenvalue weighted by molar-refractivity contribution is 7.45. The first-order valence-corrected chi connectivity index (χ1v) is 22.5. The average molecular weight is 762 g/mol. The van der Waals surface area contributed by atoms with E-state index in [0.29, 0.717) is 17.4 Å². The Morgan fingerprint density at radius 3 is 1.56 bits per heavy atom. The van der Waals surface area contributed by atoms with Crippen LogP contribution in [0.3, 0.4) is 0 Å². The summed E-state index contributed by atoms with van der Waals surface area (Å²) >= 11 is 0. The van der Waals surface area contributed by atoms with E-state index in [-0.39, 0.29) is 26.2 Å². The second-order valence-corrected chi connectivity index (χ2v) is 16.7. The number of rotatable bonds is 38. The van der Waals surface area contributed by atoms with Gasteiger partial charge in [0.15, 0.2) is 6.10 Å². The smallest absolute Gasteiger partial charge is 0.508 e. The third-order valence-electron chi connectivity index (χ3n) is 8.98. The summed E-state index contributed by atoms with van der Waals surface area (Å²) in [5, 5.41) is 0. The summed E-state index contributed by atoms with van der Waals surface area (Å²) in [5.74, 6) is -0.488. The molecule has 0 bridgehead atoms. The van der Waals surface area contributed by atoms with Crippen LogP contribution in [0.1, 0.15) is 181 Å². The van der Waals surface area contributed by atoms with Crippen LogP contribution in [0, 0.1) is 0 Å². The maximum atomic E-state index is 12.6. The van der Waals surface area contributed by atoms with E-state index in [2.05, 4.69) is 26.0 Å². The molecule has 10 nitrogen and oxygen atoms in total. The van der Waals surface area contributed by atoms with Crippen LogP contribution in [0.4, 0.5) is 4.79 Å². The van der Waals surface area contributed by atoms with Gasteiger partial charge in [0, 0.05) is 6.42 Å². The normalized spacial score (nSPS) is 13.7. The van der Waals surface area contributed by atoms with Gasteiger partial charge in [-0.25, -0.2) is 4.79 Å². The van der Waals surface area contributed by atoms with E-state index >= 15 is 0 Å². The standard InChI is InChI=1S/C41H80NO9P/c1-6-8-10-12-14-16-18-20-22-24-26-28-30-32-35-47-41(44)48-37-39(38-50-52(45,46)49-36-34-42(3,4)5)51-40(43)33-31-29-27-25-23-21-19-17-15-13-11-9-7-2/h20,22,39H,6-19,21,23-38H2,1-5H3/b22-20-/t39-/m1/s1. The third kappa shape index (κ3) is 38.3. The van der Waals surface area contributed by atoms with Gasteiger partial charge in [-0.2, -0.15) is 0 Å². The third-order valence-corrected chi connectivity index (χ3v) is 9.94. The Balaban J connectivity index is 4.37. The fourth-order valence-corrected chi connectivity index (χ4v) is 6.37. The molecule has 0 saturated heterocycles. The molecule has 308 valence electrons. The van der Waals surface area contributed by atoms with Gasteiger partial charge in [0.05, 0.1) is 34.4 Å². The van der Waals surface area contributed by atoms with Crippen LogP contribution >= 0.6 is 7.82 Å². The van der Waals surface area contributed by atoms with Gasteiger partial charge in [-0.05, 0) is 38.5 Å². The van der Waals surface area contributed by atoms with Gasteiger partial charge in [-0.15, -0.1) is 0 Å². The number of allylic oxidation sites excluding steroid dienone is 2. The molecule has 0 spiro atoms. The summed E-state index contributed by atoms with van der Waals surface area (Å²) in [6.07, 6.45) is 32.3. The topological polar surface area (TPSA) is 120 Å². The van der Waals surface area contributed by atoms with Crippen molar-refractivity contribution in [2.75, 3.05) is 54.1 Å². The number of carbonyl (C=O) groups is 2. The zero-order chi connectivity index (χ0) is 38.6. The lowest BCUT2D eigenvalue weighted by atomic mass is 10.0. The first-order chi connectivity index (χ1) is 25.0. The van der Waals surface area contributed by atoms with Crippen LogP contribution < -0.4 is 4.89 Å². The van der Waals surface area contributed by atoms with E-state index < -0.39 is 32.7 Å². The highest BCUT2D eigenvalue weighted by atomic mass is 31.2. The summed E-state index contributed by atoms with van der Waals surface area (Å²) in [6, 6.07) is 0. The van der Waals surface area contributed by atoms with E-state index in [9.17, 15) is 19.0 Å². The summed E-state index contributed by atoms with van der Waals surface area (Å²) in [7, 11) is 1.10. The van der Waals surface area contributed by atoms with E-state index in [1.807, 2.05) is 21.1 Å². The largest absolute Gasteiger partial charge is 0.756 e. The molecule has 0 aromatic rings. The van der Waals surface area contributed by atoms with Crippen molar-refractivity contribution in [3.05, 3.63) is 12.2 Å². The Kier molecular flexibility index (Phi) is 34.3. The lowest BCUT2D eigenvalue weighted by Crippen LogP contribution is -2.37. The molecule has 0 aliphatic rings. The summed E-state index contributed by atoms with van der Waals surface area (Å²) in [5.41, 5.74) is 0. The van der Waals surface area contributed by atoms with Crippen molar-refractivity contribution >= 4 is 19.9 Å². The number of phosphoric ester groups is 1. The van der Waals surface area contributed by atoms with Crippen molar-refractivity contribution < 1.29 is 46.8 Å². The zero-order valence-electron chi connectivity index (χ0n) is 34.2. The van der Waals surface area contributed by atoms with Crippen LogP contribution in [0.5, 0.6) is 0 Å². The number of carbonyl (C=O) groups excluding carboxylic acids is 2. The SMILES string of the molecule is CCCCCCCC/C=C\CCCCCCOC(=O)OC[C@H](COP(=O)([O-])OCC[N+](C)(C)C)OC(=O)CCCCCCCCCCCCCCC. The maximum absolute atomic E-state index is 12.6. The number of hydrogen-bond donors (Lipinski definition) is 0. The molecule has 1 unspecified atom stereocenters. The molecule has 0 fully saturated rings. The number of phosphoric acid groups is 1. The molecule has 0 aromatic carbocycles. The second-order valence-electron chi connectivity index (χ2n) is 15.3. The molecule has 0 N–H and O–H groups in total. The second kappa shape index (κ2) is 35.3. The first kappa shape index (κ1) is 50.5. The highest BCUT2D eigenvalue weighted by Gasteiger charge is 2.22. The molecule has 0 amide bonds. The molecule has 0 aliphatic heterocycles. The van der Waals surface area contributed by atoms with Crippen molar-refractivity contribution in [3.63, 3.8) is 0 Å². The van der Waals surface area contributed by atoms with Crippen molar-refractivity contribution in [3.8, 4) is 0 Å². The molecular formula is C41H80NO9P. The van der Waals surface area contributed by atoms with Gasteiger partial charge >= 0.3 is 12.1 Å². The van der Waals surface area contributed by atoms with E-state index in [1.165, 1.54) is 96.3 Å². The quantitative estimate of drug-likeness (QED) is 0.0199. The fraction of sp³-hybridized carbons (Fsp3) is 0.902. The van der Waals surface area contributed by atoms with Gasteiger partial charge < -0.3 is 32.6 Å². The highest BCUT2D eigenvalue weighted by Crippen LogP contribution is 2.38. The summed E-state index contributed by atoms with van der Waals surface area (Å²) in [4.78, 5) is 37.2. The Labute approximate surface area is 319 Å². The number of nitrogens with zero attached hydrogens (tertiary/aromatic N) is 1. The monoisotopic (exact) mass is 762 g/mol. The van der Waals surface area contributed by atoms with Crippen LogP contribution in [0.25, 0.3) is 0 Å². The van der Waals surface area contributed by atoms with E-state index in [1.54, 1.807) is 0 Å². The predicted octanol–water partition coefficient (Wildman–Crippen LogP) is 11.0. The minimum absolute atomic E-state index is 0.0490. The van der Waals surface area contributed by atoms with Crippen molar-refractivity contribution in [1.82, 2.24) is 0 Å². The summed E-state index contributed by atoms with van der Waals surface area (Å²) in [6.45, 7) is 4.22. The van der Waals surface area contributed by atoms with Crippen LogP contribution in [-0.4, -0.2) is 76.8 Å².